The average molecular weight is 191 g/mol. The van der Waals surface area contributed by atoms with E-state index in [1.807, 2.05) is 6.08 Å². The standard InChI is InChI=1S/C11H11O3/c1-12-10-5-3-2-4-9(10)11-8-13-6-7-14-11/h3,5,7-8H,2,4H2,1H3. The van der Waals surface area contributed by atoms with Gasteiger partial charge in [0.05, 0.1) is 7.11 Å². The minimum absolute atomic E-state index is 0.699. The number of ether oxygens (including phenoxy) is 3. The molecule has 0 bridgehead atoms. The maximum Gasteiger partial charge on any atom is 0.207 e. The summed E-state index contributed by atoms with van der Waals surface area (Å²) in [6.45, 7) is 0. The van der Waals surface area contributed by atoms with Crippen molar-refractivity contribution in [1.82, 2.24) is 0 Å². The molecule has 3 nitrogen and oxygen atoms in total. The molecule has 0 aromatic rings. The highest BCUT2D eigenvalue weighted by atomic mass is 16.5. The molecule has 2 aliphatic rings. The van der Waals surface area contributed by atoms with Crippen LogP contribution in [-0.2, 0) is 14.2 Å². The topological polar surface area (TPSA) is 27.7 Å². The molecule has 1 aliphatic carbocycles. The molecule has 1 radical (unpaired) electrons. The minimum atomic E-state index is 0.699. The van der Waals surface area contributed by atoms with E-state index in [0.717, 1.165) is 24.2 Å². The lowest BCUT2D eigenvalue weighted by molar-refractivity contribution is 0.238. The van der Waals surface area contributed by atoms with E-state index >= 15 is 0 Å². The second-order valence-corrected chi connectivity index (χ2v) is 2.94. The summed E-state index contributed by atoms with van der Waals surface area (Å²) >= 11 is 0. The largest absolute Gasteiger partial charge is 0.496 e. The predicted molar refractivity (Wildman–Crippen MR) is 50.5 cm³/mol. The highest BCUT2D eigenvalue weighted by molar-refractivity contribution is 5.36. The van der Waals surface area contributed by atoms with E-state index in [4.69, 9.17) is 14.2 Å². The summed E-state index contributed by atoms with van der Waals surface area (Å²) in [6.07, 6.45) is 11.3. The fourth-order valence-electron chi connectivity index (χ4n) is 1.45. The van der Waals surface area contributed by atoms with Gasteiger partial charge >= 0.3 is 0 Å². The molecule has 0 amide bonds. The van der Waals surface area contributed by atoms with Crippen molar-refractivity contribution in [3.63, 3.8) is 0 Å². The average Bonchev–Trinajstić information content (AvgIpc) is 2.30. The van der Waals surface area contributed by atoms with Crippen LogP contribution in [0.5, 0.6) is 0 Å². The lowest BCUT2D eigenvalue weighted by atomic mass is 10.0. The first-order chi connectivity index (χ1) is 6.92. The molecular weight excluding hydrogens is 180 g/mol. The highest BCUT2D eigenvalue weighted by Gasteiger charge is 2.16. The number of methoxy groups -OCH3 is 1. The van der Waals surface area contributed by atoms with Crippen LogP contribution in [0, 0.1) is 6.26 Å². The molecule has 0 fully saturated rings. The summed E-state index contributed by atoms with van der Waals surface area (Å²) in [6, 6.07) is 0. The first kappa shape index (κ1) is 8.94. The summed E-state index contributed by atoms with van der Waals surface area (Å²) in [7, 11) is 1.65. The zero-order valence-corrected chi connectivity index (χ0v) is 7.95. The van der Waals surface area contributed by atoms with Crippen LogP contribution in [-0.4, -0.2) is 7.11 Å². The van der Waals surface area contributed by atoms with Crippen LogP contribution < -0.4 is 0 Å². The van der Waals surface area contributed by atoms with Crippen molar-refractivity contribution in [2.24, 2.45) is 0 Å². The summed E-state index contributed by atoms with van der Waals surface area (Å²) in [5, 5.41) is 0. The summed E-state index contributed by atoms with van der Waals surface area (Å²) in [4.78, 5) is 0. The molecule has 1 aliphatic heterocycles. The van der Waals surface area contributed by atoms with Gasteiger partial charge in [0, 0.05) is 5.57 Å². The quantitative estimate of drug-likeness (QED) is 0.670. The second kappa shape index (κ2) is 4.05. The van der Waals surface area contributed by atoms with Crippen LogP contribution in [0.4, 0.5) is 0 Å². The van der Waals surface area contributed by atoms with E-state index in [-0.39, 0.29) is 0 Å². The van der Waals surface area contributed by atoms with Crippen LogP contribution in [0.1, 0.15) is 12.8 Å². The molecule has 1 heterocycles. The molecule has 0 saturated carbocycles. The van der Waals surface area contributed by atoms with Gasteiger partial charge in [0.1, 0.15) is 18.3 Å². The summed E-state index contributed by atoms with van der Waals surface area (Å²) in [5.74, 6) is 1.53. The fourth-order valence-corrected chi connectivity index (χ4v) is 1.45. The number of hydrogen-bond donors (Lipinski definition) is 0. The van der Waals surface area contributed by atoms with Crippen molar-refractivity contribution >= 4 is 0 Å². The van der Waals surface area contributed by atoms with Crippen molar-refractivity contribution in [3.8, 4) is 0 Å². The van der Waals surface area contributed by atoms with E-state index in [9.17, 15) is 0 Å². The molecule has 0 unspecified atom stereocenters. The first-order valence-electron chi connectivity index (χ1n) is 4.45. The Morgan fingerprint density at radius 2 is 2.43 bits per heavy atom. The monoisotopic (exact) mass is 191 g/mol. The van der Waals surface area contributed by atoms with Gasteiger partial charge in [-0.05, 0) is 18.9 Å². The van der Waals surface area contributed by atoms with Crippen molar-refractivity contribution in [1.29, 1.82) is 0 Å². The Bertz CT molecular complexity index is 334. The maximum absolute atomic E-state index is 5.28. The van der Waals surface area contributed by atoms with Crippen LogP contribution in [0.3, 0.4) is 0 Å². The van der Waals surface area contributed by atoms with Crippen LogP contribution in [0.2, 0.25) is 0 Å². The van der Waals surface area contributed by atoms with Gasteiger partial charge in [-0.1, -0.05) is 6.08 Å². The Morgan fingerprint density at radius 1 is 1.50 bits per heavy atom. The van der Waals surface area contributed by atoms with Gasteiger partial charge in [-0.2, -0.15) is 0 Å². The zero-order valence-electron chi connectivity index (χ0n) is 7.95. The molecule has 3 heteroatoms. The van der Waals surface area contributed by atoms with E-state index in [1.165, 1.54) is 12.5 Å². The molecule has 0 saturated heterocycles. The normalized spacial score (nSPS) is 19.9. The third-order valence-corrected chi connectivity index (χ3v) is 2.11. The van der Waals surface area contributed by atoms with Gasteiger partial charge in [0.15, 0.2) is 5.76 Å². The lowest BCUT2D eigenvalue weighted by Gasteiger charge is -2.17. The van der Waals surface area contributed by atoms with E-state index in [1.54, 1.807) is 7.11 Å². The Labute approximate surface area is 83.0 Å². The first-order valence-corrected chi connectivity index (χ1v) is 4.45. The van der Waals surface area contributed by atoms with Crippen molar-refractivity contribution in [3.05, 3.63) is 48.0 Å². The summed E-state index contributed by atoms with van der Waals surface area (Å²) in [5.41, 5.74) is 1.03. The lowest BCUT2D eigenvalue weighted by Crippen LogP contribution is -2.03. The second-order valence-electron chi connectivity index (χ2n) is 2.94. The van der Waals surface area contributed by atoms with Gasteiger partial charge in [-0.15, -0.1) is 0 Å². The zero-order chi connectivity index (χ0) is 9.80. The molecular formula is C11H11O3. The third-order valence-electron chi connectivity index (χ3n) is 2.11. The van der Waals surface area contributed by atoms with Gasteiger partial charge in [-0.25, -0.2) is 0 Å². The van der Waals surface area contributed by atoms with Crippen LogP contribution in [0.15, 0.2) is 41.8 Å². The van der Waals surface area contributed by atoms with Crippen molar-refractivity contribution in [2.75, 3.05) is 7.11 Å². The van der Waals surface area contributed by atoms with E-state index in [0.29, 0.717) is 5.76 Å². The fraction of sp³-hybridized carbons (Fsp3) is 0.273. The van der Waals surface area contributed by atoms with Gasteiger partial charge in [-0.3, -0.25) is 0 Å². The van der Waals surface area contributed by atoms with Gasteiger partial charge in [0.2, 0.25) is 6.26 Å². The van der Waals surface area contributed by atoms with E-state index < -0.39 is 0 Å². The Morgan fingerprint density at radius 3 is 3.14 bits per heavy atom. The van der Waals surface area contributed by atoms with Crippen LogP contribution >= 0.6 is 0 Å². The Kier molecular flexibility index (Phi) is 2.58. The number of allylic oxidation sites excluding steroid dienone is 3. The molecule has 14 heavy (non-hydrogen) atoms. The van der Waals surface area contributed by atoms with Crippen LogP contribution in [0.25, 0.3) is 0 Å². The van der Waals surface area contributed by atoms with Gasteiger partial charge in [0.25, 0.3) is 0 Å². The van der Waals surface area contributed by atoms with Crippen molar-refractivity contribution < 1.29 is 14.2 Å². The maximum atomic E-state index is 5.28. The smallest absolute Gasteiger partial charge is 0.207 e. The molecule has 2 rings (SSSR count). The van der Waals surface area contributed by atoms with Gasteiger partial charge < -0.3 is 14.2 Å². The summed E-state index contributed by atoms with van der Waals surface area (Å²) < 4.78 is 15.4. The van der Waals surface area contributed by atoms with E-state index in [2.05, 4.69) is 12.3 Å². The molecule has 0 atom stereocenters. The molecule has 73 valence electrons. The molecule has 0 aromatic carbocycles. The molecule has 0 spiro atoms. The number of rotatable bonds is 2. The highest BCUT2D eigenvalue weighted by Crippen LogP contribution is 2.27. The number of hydrogen-bond acceptors (Lipinski definition) is 3. The minimum Gasteiger partial charge on any atom is -0.496 e. The molecule has 0 aromatic heterocycles. The predicted octanol–water partition coefficient (Wildman–Crippen LogP) is 2.40. The third kappa shape index (κ3) is 1.66. The Hall–Kier alpha value is -1.64. The molecule has 0 N–H and O–H groups in total. The Balaban J connectivity index is 2.26. The van der Waals surface area contributed by atoms with Crippen molar-refractivity contribution in [2.45, 2.75) is 12.8 Å². The SMILES string of the molecule is COC1=C(C2=CO[C]=CO2)CCC=C1.